The highest BCUT2D eigenvalue weighted by Crippen LogP contribution is 2.25. The summed E-state index contributed by atoms with van der Waals surface area (Å²) >= 11 is 0. The maximum atomic E-state index is 12.6. The highest BCUT2D eigenvalue weighted by atomic mass is 16.1. The predicted octanol–water partition coefficient (Wildman–Crippen LogP) is 3.16. The summed E-state index contributed by atoms with van der Waals surface area (Å²) in [7, 11) is 0. The maximum absolute atomic E-state index is 12.6. The molecule has 0 aliphatic carbocycles. The number of fused-ring (bicyclic) bond motifs is 1. The van der Waals surface area contributed by atoms with Gasteiger partial charge in [-0.3, -0.25) is 4.79 Å². The Morgan fingerprint density at radius 3 is 2.88 bits per heavy atom. The molecule has 1 fully saturated rings. The van der Waals surface area contributed by atoms with Crippen LogP contribution in [0.2, 0.25) is 0 Å². The van der Waals surface area contributed by atoms with Crippen LogP contribution >= 0.6 is 0 Å². The van der Waals surface area contributed by atoms with Crippen LogP contribution in [-0.2, 0) is 4.79 Å². The van der Waals surface area contributed by atoms with Gasteiger partial charge in [0.2, 0.25) is 5.91 Å². The number of carbonyl (C=O) groups excluding carboxylic acids is 1. The molecular formula is C21H24N4O. The fourth-order valence-corrected chi connectivity index (χ4v) is 3.67. The van der Waals surface area contributed by atoms with E-state index in [1.807, 2.05) is 30.3 Å². The maximum Gasteiger partial charge on any atom is 0.220 e. The van der Waals surface area contributed by atoms with Crippen LogP contribution in [0.5, 0.6) is 0 Å². The number of hydrogen-bond donors (Lipinski definition) is 3. The van der Waals surface area contributed by atoms with Crippen LogP contribution in [-0.4, -0.2) is 29.0 Å². The summed E-state index contributed by atoms with van der Waals surface area (Å²) in [6.07, 6.45) is 4.38. The number of imidazole rings is 1. The van der Waals surface area contributed by atoms with Gasteiger partial charge in [-0.2, -0.15) is 0 Å². The Morgan fingerprint density at radius 2 is 2.08 bits per heavy atom. The van der Waals surface area contributed by atoms with E-state index in [-0.39, 0.29) is 11.9 Å². The molecule has 2 heterocycles. The lowest BCUT2D eigenvalue weighted by atomic mass is 9.97. The van der Waals surface area contributed by atoms with Crippen molar-refractivity contribution in [2.45, 2.75) is 25.3 Å². The Labute approximate surface area is 153 Å². The number of aromatic nitrogens is 2. The van der Waals surface area contributed by atoms with Gasteiger partial charge in [-0.15, -0.1) is 0 Å². The topological polar surface area (TPSA) is 69.8 Å². The minimum atomic E-state index is -0.155. The molecule has 0 saturated carbocycles. The van der Waals surface area contributed by atoms with Gasteiger partial charge in [0, 0.05) is 6.42 Å². The Kier molecular flexibility index (Phi) is 4.97. The van der Waals surface area contributed by atoms with Crippen molar-refractivity contribution in [3.63, 3.8) is 0 Å². The molecule has 4 rings (SSSR count). The molecule has 0 spiro atoms. The van der Waals surface area contributed by atoms with E-state index >= 15 is 0 Å². The van der Waals surface area contributed by atoms with Crippen molar-refractivity contribution in [2.24, 2.45) is 5.92 Å². The molecule has 5 nitrogen and oxygen atoms in total. The Balaban J connectivity index is 1.53. The van der Waals surface area contributed by atoms with Crippen LogP contribution in [0.25, 0.3) is 11.0 Å². The van der Waals surface area contributed by atoms with Gasteiger partial charge in [0.25, 0.3) is 0 Å². The fraction of sp³-hybridized carbons (Fsp3) is 0.333. The molecule has 1 aliphatic rings. The number of H-pyrrole nitrogens is 1. The fourth-order valence-electron chi connectivity index (χ4n) is 3.67. The highest BCUT2D eigenvalue weighted by Gasteiger charge is 2.20. The Morgan fingerprint density at radius 1 is 1.19 bits per heavy atom. The van der Waals surface area contributed by atoms with Crippen molar-refractivity contribution in [1.82, 2.24) is 20.6 Å². The summed E-state index contributed by atoms with van der Waals surface area (Å²) in [6.45, 7) is 2.11. The van der Waals surface area contributed by atoms with Gasteiger partial charge in [-0.1, -0.05) is 36.4 Å². The summed E-state index contributed by atoms with van der Waals surface area (Å²) in [4.78, 5) is 20.0. The molecule has 134 valence electrons. The van der Waals surface area contributed by atoms with E-state index in [0.717, 1.165) is 41.7 Å². The molecule has 2 aromatic carbocycles. The SMILES string of the molecule is O=C(CCC1CCNC1)NC(c1ccccc1)c1ccc2nc[nH]c2c1. The van der Waals surface area contributed by atoms with Crippen LogP contribution in [0.3, 0.4) is 0 Å². The van der Waals surface area contributed by atoms with E-state index in [0.29, 0.717) is 12.3 Å². The predicted molar refractivity (Wildman–Crippen MR) is 103 cm³/mol. The molecule has 2 atom stereocenters. The van der Waals surface area contributed by atoms with Crippen LogP contribution in [0.4, 0.5) is 0 Å². The molecule has 0 radical (unpaired) electrons. The lowest BCUT2D eigenvalue weighted by molar-refractivity contribution is -0.121. The molecule has 3 aromatic rings. The molecular weight excluding hydrogens is 324 g/mol. The second kappa shape index (κ2) is 7.70. The Bertz CT molecular complexity index is 868. The summed E-state index contributed by atoms with van der Waals surface area (Å²) in [6, 6.07) is 16.1. The first-order valence-corrected chi connectivity index (χ1v) is 9.27. The third-order valence-corrected chi connectivity index (χ3v) is 5.16. The van der Waals surface area contributed by atoms with E-state index in [9.17, 15) is 4.79 Å². The third-order valence-electron chi connectivity index (χ3n) is 5.16. The average molecular weight is 348 g/mol. The first kappa shape index (κ1) is 16.8. The summed E-state index contributed by atoms with van der Waals surface area (Å²) < 4.78 is 0. The van der Waals surface area contributed by atoms with Gasteiger partial charge in [-0.05, 0) is 55.1 Å². The number of rotatable bonds is 6. The summed E-state index contributed by atoms with van der Waals surface area (Å²) in [5.41, 5.74) is 4.06. The lowest BCUT2D eigenvalue weighted by Crippen LogP contribution is -2.29. The largest absolute Gasteiger partial charge is 0.345 e. The van der Waals surface area contributed by atoms with Crippen LogP contribution in [0, 0.1) is 5.92 Å². The quantitative estimate of drug-likeness (QED) is 0.641. The first-order valence-electron chi connectivity index (χ1n) is 9.27. The van der Waals surface area contributed by atoms with Gasteiger partial charge in [0.05, 0.1) is 23.4 Å². The van der Waals surface area contributed by atoms with Crippen molar-refractivity contribution in [3.05, 3.63) is 66.0 Å². The van der Waals surface area contributed by atoms with E-state index in [1.54, 1.807) is 6.33 Å². The van der Waals surface area contributed by atoms with Crippen molar-refractivity contribution < 1.29 is 4.79 Å². The van der Waals surface area contributed by atoms with E-state index in [2.05, 4.69) is 38.8 Å². The van der Waals surface area contributed by atoms with Gasteiger partial charge >= 0.3 is 0 Å². The summed E-state index contributed by atoms with van der Waals surface area (Å²) in [5, 5.41) is 6.60. The molecule has 1 aliphatic heterocycles. The van der Waals surface area contributed by atoms with Crippen molar-refractivity contribution >= 4 is 16.9 Å². The molecule has 2 unspecified atom stereocenters. The van der Waals surface area contributed by atoms with Gasteiger partial charge in [0.1, 0.15) is 0 Å². The van der Waals surface area contributed by atoms with E-state index < -0.39 is 0 Å². The number of amides is 1. The number of nitrogens with zero attached hydrogens (tertiary/aromatic N) is 1. The van der Waals surface area contributed by atoms with Gasteiger partial charge in [0.15, 0.2) is 0 Å². The van der Waals surface area contributed by atoms with Crippen LogP contribution < -0.4 is 10.6 Å². The minimum absolute atomic E-state index is 0.107. The smallest absolute Gasteiger partial charge is 0.220 e. The number of benzene rings is 2. The lowest BCUT2D eigenvalue weighted by Gasteiger charge is -2.20. The standard InChI is InChI=1S/C21H24N4O/c26-20(9-6-15-10-11-22-13-15)25-21(16-4-2-1-3-5-16)17-7-8-18-19(12-17)24-14-23-18/h1-5,7-8,12,14-15,21-22H,6,9-11,13H2,(H,23,24)(H,25,26). The zero-order valence-electron chi connectivity index (χ0n) is 14.7. The van der Waals surface area contributed by atoms with Gasteiger partial charge < -0.3 is 15.6 Å². The number of carbonyl (C=O) groups is 1. The molecule has 5 heteroatoms. The second-order valence-corrected chi connectivity index (χ2v) is 6.99. The van der Waals surface area contributed by atoms with Crippen LogP contribution in [0.15, 0.2) is 54.9 Å². The number of aromatic amines is 1. The zero-order valence-corrected chi connectivity index (χ0v) is 14.7. The van der Waals surface area contributed by atoms with Crippen LogP contribution in [0.1, 0.15) is 36.4 Å². The third kappa shape index (κ3) is 3.78. The number of nitrogens with one attached hydrogen (secondary N) is 3. The van der Waals surface area contributed by atoms with E-state index in [1.165, 1.54) is 6.42 Å². The number of hydrogen-bond acceptors (Lipinski definition) is 3. The molecule has 0 bridgehead atoms. The molecule has 1 saturated heterocycles. The molecule has 26 heavy (non-hydrogen) atoms. The van der Waals surface area contributed by atoms with Gasteiger partial charge in [-0.25, -0.2) is 4.98 Å². The highest BCUT2D eigenvalue weighted by molar-refractivity contribution is 5.78. The molecule has 1 aromatic heterocycles. The Hall–Kier alpha value is -2.66. The normalized spacial score (nSPS) is 18.1. The first-order chi connectivity index (χ1) is 12.8. The monoisotopic (exact) mass is 348 g/mol. The minimum Gasteiger partial charge on any atom is -0.345 e. The average Bonchev–Trinajstić information content (AvgIpc) is 3.36. The van der Waals surface area contributed by atoms with Crippen molar-refractivity contribution in [1.29, 1.82) is 0 Å². The zero-order chi connectivity index (χ0) is 17.8. The summed E-state index contributed by atoms with van der Waals surface area (Å²) in [5.74, 6) is 0.729. The van der Waals surface area contributed by atoms with Crippen molar-refractivity contribution in [2.75, 3.05) is 13.1 Å². The second-order valence-electron chi connectivity index (χ2n) is 6.99. The molecule has 1 amide bonds. The van der Waals surface area contributed by atoms with E-state index in [4.69, 9.17) is 0 Å². The van der Waals surface area contributed by atoms with Crippen molar-refractivity contribution in [3.8, 4) is 0 Å². The molecule has 3 N–H and O–H groups in total.